The fourth-order valence-electron chi connectivity index (χ4n) is 7.02. The summed E-state index contributed by atoms with van der Waals surface area (Å²) in [4.78, 5) is 32.8. The zero-order valence-electron chi connectivity index (χ0n) is 26.3. The standard InChI is InChI=1S/C36H53N3O3/c1-4-6-7-14-19-35(40)37(3)33-25-31(34(26-33)30-17-12-9-13-18-30)27-38-23-20-32(21-24-38)39(22-5-2)36(41)42-28-29-15-10-8-11-16-29/h8-13,15-18,31-34H,4-7,14,19-28H2,1-3H3. The van der Waals surface area contributed by atoms with Crippen LogP contribution in [-0.2, 0) is 16.1 Å². The number of carbonyl (C=O) groups is 2. The lowest BCUT2D eigenvalue weighted by Crippen LogP contribution is -2.48. The van der Waals surface area contributed by atoms with Gasteiger partial charge in [0.15, 0.2) is 0 Å². The Hall–Kier alpha value is -2.86. The lowest BCUT2D eigenvalue weighted by molar-refractivity contribution is -0.132. The van der Waals surface area contributed by atoms with Gasteiger partial charge in [-0.1, -0.05) is 93.8 Å². The van der Waals surface area contributed by atoms with Gasteiger partial charge >= 0.3 is 6.09 Å². The van der Waals surface area contributed by atoms with Crippen molar-refractivity contribution in [3.63, 3.8) is 0 Å². The summed E-state index contributed by atoms with van der Waals surface area (Å²) in [5.41, 5.74) is 2.42. The van der Waals surface area contributed by atoms with Crippen LogP contribution in [-0.4, -0.2) is 72.0 Å². The minimum absolute atomic E-state index is 0.190. The van der Waals surface area contributed by atoms with Crippen LogP contribution in [0.2, 0.25) is 0 Å². The van der Waals surface area contributed by atoms with Gasteiger partial charge in [0.25, 0.3) is 0 Å². The van der Waals surface area contributed by atoms with Gasteiger partial charge < -0.3 is 19.4 Å². The molecule has 1 heterocycles. The molecule has 4 rings (SSSR count). The van der Waals surface area contributed by atoms with E-state index in [1.54, 1.807) is 0 Å². The topological polar surface area (TPSA) is 53.1 Å². The van der Waals surface area contributed by atoms with Gasteiger partial charge in [-0.25, -0.2) is 4.79 Å². The second-order valence-electron chi connectivity index (χ2n) is 12.5. The maximum atomic E-state index is 13.1. The number of piperidine rings is 1. The first-order chi connectivity index (χ1) is 20.5. The Morgan fingerprint density at radius 3 is 2.21 bits per heavy atom. The number of nitrogens with zero attached hydrogens (tertiary/aromatic N) is 3. The van der Waals surface area contributed by atoms with Crippen molar-refractivity contribution in [2.75, 3.05) is 33.2 Å². The van der Waals surface area contributed by atoms with Gasteiger partial charge in [-0.3, -0.25) is 4.79 Å². The molecule has 42 heavy (non-hydrogen) atoms. The highest BCUT2D eigenvalue weighted by atomic mass is 16.6. The number of benzene rings is 2. The minimum Gasteiger partial charge on any atom is -0.445 e. The largest absolute Gasteiger partial charge is 0.445 e. The first-order valence-electron chi connectivity index (χ1n) is 16.5. The third-order valence-electron chi connectivity index (χ3n) is 9.48. The third-order valence-corrected chi connectivity index (χ3v) is 9.48. The highest BCUT2D eigenvalue weighted by Gasteiger charge is 2.39. The van der Waals surface area contributed by atoms with Crippen LogP contribution < -0.4 is 0 Å². The van der Waals surface area contributed by atoms with Gasteiger partial charge in [0.05, 0.1) is 0 Å². The van der Waals surface area contributed by atoms with Crippen LogP contribution in [0.1, 0.15) is 95.1 Å². The average Bonchev–Trinajstić information content (AvgIpc) is 3.45. The van der Waals surface area contributed by atoms with Crippen molar-refractivity contribution in [2.24, 2.45) is 5.92 Å². The molecule has 0 N–H and O–H groups in total. The molecule has 3 unspecified atom stereocenters. The number of hydrogen-bond donors (Lipinski definition) is 0. The summed E-state index contributed by atoms with van der Waals surface area (Å²) in [6, 6.07) is 21.4. The molecule has 0 bridgehead atoms. The summed E-state index contributed by atoms with van der Waals surface area (Å²) in [5.74, 6) is 1.29. The maximum Gasteiger partial charge on any atom is 0.410 e. The van der Waals surface area contributed by atoms with Gasteiger partial charge in [0, 0.05) is 51.7 Å². The summed E-state index contributed by atoms with van der Waals surface area (Å²) in [5, 5.41) is 0. The molecule has 1 saturated carbocycles. The van der Waals surface area contributed by atoms with Crippen molar-refractivity contribution in [1.29, 1.82) is 0 Å². The summed E-state index contributed by atoms with van der Waals surface area (Å²) >= 11 is 0. The molecular formula is C36H53N3O3. The van der Waals surface area contributed by atoms with Crippen molar-refractivity contribution < 1.29 is 14.3 Å². The molecule has 230 valence electrons. The molecule has 1 saturated heterocycles. The molecule has 6 nitrogen and oxygen atoms in total. The van der Waals surface area contributed by atoms with Gasteiger partial charge in [-0.05, 0) is 61.5 Å². The predicted molar refractivity (Wildman–Crippen MR) is 170 cm³/mol. The quantitative estimate of drug-likeness (QED) is 0.219. The van der Waals surface area contributed by atoms with Crippen molar-refractivity contribution in [3.05, 3.63) is 71.8 Å². The number of carbonyl (C=O) groups excluding carboxylic acids is 2. The van der Waals surface area contributed by atoms with Crippen LogP contribution in [0.3, 0.4) is 0 Å². The second kappa shape index (κ2) is 16.7. The smallest absolute Gasteiger partial charge is 0.410 e. The van der Waals surface area contributed by atoms with Crippen LogP contribution in [0.15, 0.2) is 60.7 Å². The van der Waals surface area contributed by atoms with E-state index in [0.29, 0.717) is 36.8 Å². The Kier molecular flexibility index (Phi) is 12.7. The van der Waals surface area contributed by atoms with Gasteiger partial charge in [-0.15, -0.1) is 0 Å². The molecule has 0 spiro atoms. The molecule has 2 aromatic rings. The van der Waals surface area contributed by atoms with Crippen LogP contribution in [0, 0.1) is 5.92 Å². The Balaban J connectivity index is 1.32. The molecule has 1 aliphatic heterocycles. The zero-order valence-corrected chi connectivity index (χ0v) is 26.3. The molecule has 2 fully saturated rings. The third kappa shape index (κ3) is 9.07. The fraction of sp³-hybridized carbons (Fsp3) is 0.611. The summed E-state index contributed by atoms with van der Waals surface area (Å²) in [6.45, 7) is 8.42. The van der Waals surface area contributed by atoms with Crippen LogP contribution in [0.25, 0.3) is 0 Å². The SMILES string of the molecule is CCCCCCC(=O)N(C)C1CC(CN2CCC(N(CCC)C(=O)OCc3ccccc3)CC2)C(c2ccccc2)C1. The molecule has 2 amide bonds. The molecule has 3 atom stereocenters. The van der Waals surface area contributed by atoms with E-state index in [0.717, 1.165) is 76.7 Å². The van der Waals surface area contributed by atoms with Crippen LogP contribution in [0.5, 0.6) is 0 Å². The monoisotopic (exact) mass is 575 g/mol. The van der Waals surface area contributed by atoms with E-state index < -0.39 is 0 Å². The highest BCUT2D eigenvalue weighted by Crippen LogP contribution is 2.42. The summed E-state index contributed by atoms with van der Waals surface area (Å²) in [6.07, 6.45) is 10.0. The number of rotatable bonds is 14. The molecule has 2 aromatic carbocycles. The lowest BCUT2D eigenvalue weighted by atomic mass is 9.88. The first-order valence-corrected chi connectivity index (χ1v) is 16.5. The Labute approximate surface area is 254 Å². The van der Waals surface area contributed by atoms with Crippen LogP contribution >= 0.6 is 0 Å². The van der Waals surface area contributed by atoms with E-state index in [9.17, 15) is 9.59 Å². The van der Waals surface area contributed by atoms with E-state index in [-0.39, 0.29) is 12.1 Å². The van der Waals surface area contributed by atoms with E-state index in [1.165, 1.54) is 18.4 Å². The minimum atomic E-state index is -0.190. The summed E-state index contributed by atoms with van der Waals surface area (Å²) in [7, 11) is 2.03. The first kappa shape index (κ1) is 32.1. The van der Waals surface area contributed by atoms with Crippen molar-refractivity contribution in [2.45, 2.75) is 103 Å². The van der Waals surface area contributed by atoms with Crippen LogP contribution in [0.4, 0.5) is 4.79 Å². The Bertz CT molecular complexity index is 1070. The molecule has 1 aliphatic carbocycles. The van der Waals surface area contributed by atoms with E-state index in [2.05, 4.69) is 54.0 Å². The number of hydrogen-bond acceptors (Lipinski definition) is 4. The molecule has 0 aromatic heterocycles. The van der Waals surface area contributed by atoms with Crippen molar-refractivity contribution in [1.82, 2.24) is 14.7 Å². The molecule has 0 radical (unpaired) electrons. The normalized spacial score (nSPS) is 21.3. The Morgan fingerprint density at radius 2 is 1.55 bits per heavy atom. The van der Waals surface area contributed by atoms with E-state index in [4.69, 9.17) is 4.74 Å². The number of ether oxygens (including phenoxy) is 1. The average molecular weight is 576 g/mol. The van der Waals surface area contributed by atoms with E-state index in [1.807, 2.05) is 42.3 Å². The van der Waals surface area contributed by atoms with E-state index >= 15 is 0 Å². The highest BCUT2D eigenvalue weighted by molar-refractivity contribution is 5.76. The number of amides is 2. The van der Waals surface area contributed by atoms with Gasteiger partial charge in [0.1, 0.15) is 6.61 Å². The summed E-state index contributed by atoms with van der Waals surface area (Å²) < 4.78 is 5.72. The van der Waals surface area contributed by atoms with Crippen molar-refractivity contribution in [3.8, 4) is 0 Å². The number of unbranched alkanes of at least 4 members (excludes halogenated alkanes) is 3. The zero-order chi connectivity index (χ0) is 29.7. The molecule has 6 heteroatoms. The second-order valence-corrected chi connectivity index (χ2v) is 12.5. The fourth-order valence-corrected chi connectivity index (χ4v) is 7.02. The molecular weight excluding hydrogens is 522 g/mol. The lowest BCUT2D eigenvalue weighted by Gasteiger charge is -2.39. The Morgan fingerprint density at radius 1 is 0.857 bits per heavy atom. The van der Waals surface area contributed by atoms with Gasteiger partial charge in [-0.2, -0.15) is 0 Å². The maximum absolute atomic E-state index is 13.1. The van der Waals surface area contributed by atoms with Gasteiger partial charge in [0.2, 0.25) is 5.91 Å². The molecule has 2 aliphatic rings. The predicted octanol–water partition coefficient (Wildman–Crippen LogP) is 7.49. The number of likely N-dealkylation sites (tertiary alicyclic amines) is 1. The van der Waals surface area contributed by atoms with Crippen molar-refractivity contribution >= 4 is 12.0 Å².